The van der Waals surface area contributed by atoms with E-state index in [4.69, 9.17) is 0 Å². The maximum atomic E-state index is 12.1. The van der Waals surface area contributed by atoms with Gasteiger partial charge in [0.15, 0.2) is 0 Å². The van der Waals surface area contributed by atoms with Gasteiger partial charge in [-0.15, -0.1) is 11.3 Å². The standard InChI is InChI=1S/C11H16N2O2S/c1-7-10(16-6-12-7)11(15)13(2)8-4-3-5-9(8)14/h6,8-9,14H,3-5H2,1-2H3/t8-,9-/m1/s1. The number of aryl methyl sites for hydroxylation is 1. The summed E-state index contributed by atoms with van der Waals surface area (Å²) in [7, 11) is 1.76. The van der Waals surface area contributed by atoms with E-state index in [1.54, 1.807) is 17.5 Å². The molecular formula is C11H16N2O2S. The number of aromatic nitrogens is 1. The zero-order valence-electron chi connectivity index (χ0n) is 9.51. The van der Waals surface area contributed by atoms with Crippen LogP contribution >= 0.6 is 11.3 Å². The van der Waals surface area contributed by atoms with Crippen LogP contribution in [0.5, 0.6) is 0 Å². The lowest BCUT2D eigenvalue weighted by Crippen LogP contribution is -2.41. The Balaban J connectivity index is 2.13. The third-order valence-corrected chi connectivity index (χ3v) is 4.12. The van der Waals surface area contributed by atoms with Crippen molar-refractivity contribution in [3.05, 3.63) is 16.1 Å². The monoisotopic (exact) mass is 240 g/mol. The maximum Gasteiger partial charge on any atom is 0.265 e. The molecule has 0 radical (unpaired) electrons. The van der Waals surface area contributed by atoms with Crippen LogP contribution in [0.25, 0.3) is 0 Å². The number of likely N-dealkylation sites (N-methyl/N-ethyl adjacent to an activating group) is 1. The molecule has 0 unspecified atom stereocenters. The minimum Gasteiger partial charge on any atom is -0.391 e. The highest BCUT2D eigenvalue weighted by Gasteiger charge is 2.32. The Morgan fingerprint density at radius 3 is 2.88 bits per heavy atom. The summed E-state index contributed by atoms with van der Waals surface area (Å²) in [4.78, 5) is 18.6. The molecule has 0 aliphatic heterocycles. The lowest BCUT2D eigenvalue weighted by molar-refractivity contribution is 0.0542. The molecule has 0 bridgehead atoms. The van der Waals surface area contributed by atoms with Crippen LogP contribution in [-0.4, -0.2) is 40.1 Å². The van der Waals surface area contributed by atoms with Gasteiger partial charge in [0, 0.05) is 7.05 Å². The molecule has 1 amide bonds. The molecule has 0 aromatic carbocycles. The van der Waals surface area contributed by atoms with Crippen LogP contribution in [0.15, 0.2) is 5.51 Å². The Bertz CT molecular complexity index is 391. The fourth-order valence-electron chi connectivity index (χ4n) is 2.19. The molecular weight excluding hydrogens is 224 g/mol. The molecule has 1 heterocycles. The first-order chi connectivity index (χ1) is 7.61. The fourth-order valence-corrected chi connectivity index (χ4v) is 2.97. The van der Waals surface area contributed by atoms with E-state index >= 15 is 0 Å². The van der Waals surface area contributed by atoms with Crippen LogP contribution in [0.1, 0.15) is 34.6 Å². The molecule has 0 saturated heterocycles. The summed E-state index contributed by atoms with van der Waals surface area (Å²) < 4.78 is 0. The number of aliphatic hydroxyl groups is 1. The highest BCUT2D eigenvalue weighted by Crippen LogP contribution is 2.25. The largest absolute Gasteiger partial charge is 0.391 e. The fraction of sp³-hybridized carbons (Fsp3) is 0.636. The number of amides is 1. The van der Waals surface area contributed by atoms with Crippen molar-refractivity contribution < 1.29 is 9.90 Å². The Morgan fingerprint density at radius 2 is 2.38 bits per heavy atom. The highest BCUT2D eigenvalue weighted by atomic mass is 32.1. The van der Waals surface area contributed by atoms with E-state index in [1.807, 2.05) is 6.92 Å². The Hall–Kier alpha value is -0.940. The summed E-state index contributed by atoms with van der Waals surface area (Å²) in [5, 5.41) is 9.77. The number of hydrogen-bond donors (Lipinski definition) is 1. The summed E-state index contributed by atoms with van der Waals surface area (Å²) in [6, 6.07) is -0.0333. The topological polar surface area (TPSA) is 53.4 Å². The minimum absolute atomic E-state index is 0.0223. The van der Waals surface area contributed by atoms with Gasteiger partial charge >= 0.3 is 0 Å². The summed E-state index contributed by atoms with van der Waals surface area (Å²) in [5.41, 5.74) is 2.45. The lowest BCUT2D eigenvalue weighted by Gasteiger charge is -2.26. The average Bonchev–Trinajstić information content (AvgIpc) is 2.85. The number of hydrogen-bond acceptors (Lipinski definition) is 4. The van der Waals surface area contributed by atoms with Crippen LogP contribution in [-0.2, 0) is 0 Å². The molecule has 1 aliphatic rings. The molecule has 16 heavy (non-hydrogen) atoms. The first-order valence-electron chi connectivity index (χ1n) is 5.46. The van der Waals surface area contributed by atoms with Gasteiger partial charge in [0.2, 0.25) is 0 Å². The molecule has 4 nitrogen and oxygen atoms in total. The van der Waals surface area contributed by atoms with Crippen molar-refractivity contribution in [2.24, 2.45) is 0 Å². The molecule has 2 atom stereocenters. The number of nitrogens with zero attached hydrogens (tertiary/aromatic N) is 2. The van der Waals surface area contributed by atoms with Crippen LogP contribution in [0, 0.1) is 6.92 Å². The molecule has 1 fully saturated rings. The van der Waals surface area contributed by atoms with Crippen molar-refractivity contribution in [2.45, 2.75) is 38.3 Å². The summed E-state index contributed by atoms with van der Waals surface area (Å²) in [6.07, 6.45) is 2.30. The van der Waals surface area contributed by atoms with E-state index in [0.29, 0.717) is 4.88 Å². The second-order valence-electron chi connectivity index (χ2n) is 4.25. The van der Waals surface area contributed by atoms with Crippen molar-refractivity contribution >= 4 is 17.2 Å². The molecule has 5 heteroatoms. The van der Waals surface area contributed by atoms with Gasteiger partial charge in [-0.25, -0.2) is 4.98 Å². The van der Waals surface area contributed by atoms with E-state index in [1.165, 1.54) is 11.3 Å². The van der Waals surface area contributed by atoms with Crippen LogP contribution in [0.3, 0.4) is 0 Å². The Kier molecular flexibility index (Phi) is 3.25. The molecule has 1 aliphatic carbocycles. The van der Waals surface area contributed by atoms with Crippen molar-refractivity contribution in [3.8, 4) is 0 Å². The van der Waals surface area contributed by atoms with Crippen molar-refractivity contribution in [3.63, 3.8) is 0 Å². The zero-order chi connectivity index (χ0) is 11.7. The summed E-state index contributed by atoms with van der Waals surface area (Å²) >= 11 is 1.36. The molecule has 1 aromatic rings. The Labute approximate surface area is 98.9 Å². The molecule has 88 valence electrons. The van der Waals surface area contributed by atoms with Gasteiger partial charge in [-0.3, -0.25) is 4.79 Å². The SMILES string of the molecule is Cc1ncsc1C(=O)N(C)[C@@H]1CCC[C@H]1O. The van der Waals surface area contributed by atoms with Gasteiger partial charge in [0.25, 0.3) is 5.91 Å². The quantitative estimate of drug-likeness (QED) is 0.851. The van der Waals surface area contributed by atoms with E-state index in [-0.39, 0.29) is 18.1 Å². The van der Waals surface area contributed by atoms with E-state index in [2.05, 4.69) is 4.98 Å². The number of carbonyl (C=O) groups is 1. The summed E-state index contributed by atoms with van der Waals surface area (Å²) in [6.45, 7) is 1.84. The number of thiazole rings is 1. The Morgan fingerprint density at radius 1 is 1.62 bits per heavy atom. The van der Waals surface area contributed by atoms with E-state index < -0.39 is 0 Å². The second kappa shape index (κ2) is 4.51. The first kappa shape index (κ1) is 11.5. The minimum atomic E-state index is -0.373. The van der Waals surface area contributed by atoms with Gasteiger partial charge in [0.05, 0.1) is 23.4 Å². The third kappa shape index (κ3) is 1.97. The van der Waals surface area contributed by atoms with Crippen LogP contribution in [0.4, 0.5) is 0 Å². The van der Waals surface area contributed by atoms with Crippen molar-refractivity contribution in [1.82, 2.24) is 9.88 Å². The predicted molar refractivity (Wildman–Crippen MR) is 62.6 cm³/mol. The number of rotatable bonds is 2. The second-order valence-corrected chi connectivity index (χ2v) is 5.10. The molecule has 2 rings (SSSR count). The smallest absolute Gasteiger partial charge is 0.265 e. The number of carbonyl (C=O) groups excluding carboxylic acids is 1. The van der Waals surface area contributed by atoms with Crippen LogP contribution in [0.2, 0.25) is 0 Å². The number of aliphatic hydroxyl groups excluding tert-OH is 1. The first-order valence-corrected chi connectivity index (χ1v) is 6.34. The van der Waals surface area contributed by atoms with Gasteiger partial charge < -0.3 is 10.0 Å². The normalized spacial score (nSPS) is 24.7. The predicted octanol–water partition coefficient (Wildman–Crippen LogP) is 1.44. The molecule has 1 aromatic heterocycles. The summed E-state index contributed by atoms with van der Waals surface area (Å²) in [5.74, 6) is -0.0223. The molecule has 1 saturated carbocycles. The zero-order valence-corrected chi connectivity index (χ0v) is 10.3. The van der Waals surface area contributed by atoms with Gasteiger partial charge in [-0.05, 0) is 26.2 Å². The average molecular weight is 240 g/mol. The van der Waals surface area contributed by atoms with Gasteiger partial charge in [0.1, 0.15) is 4.88 Å². The van der Waals surface area contributed by atoms with Crippen LogP contribution < -0.4 is 0 Å². The lowest BCUT2D eigenvalue weighted by atomic mass is 10.2. The van der Waals surface area contributed by atoms with Gasteiger partial charge in [-0.2, -0.15) is 0 Å². The third-order valence-electron chi connectivity index (χ3n) is 3.20. The van der Waals surface area contributed by atoms with Gasteiger partial charge in [-0.1, -0.05) is 0 Å². The maximum absolute atomic E-state index is 12.1. The molecule has 1 N–H and O–H groups in total. The van der Waals surface area contributed by atoms with E-state index in [0.717, 1.165) is 25.0 Å². The van der Waals surface area contributed by atoms with Crippen molar-refractivity contribution in [2.75, 3.05) is 7.05 Å². The van der Waals surface area contributed by atoms with E-state index in [9.17, 15) is 9.90 Å². The van der Waals surface area contributed by atoms with Crippen molar-refractivity contribution in [1.29, 1.82) is 0 Å². The molecule has 0 spiro atoms. The highest BCUT2D eigenvalue weighted by molar-refractivity contribution is 7.11.